The monoisotopic (exact) mass is 417 g/mol. The fourth-order valence-corrected chi connectivity index (χ4v) is 4.59. The minimum absolute atomic E-state index is 0.166. The summed E-state index contributed by atoms with van der Waals surface area (Å²) in [6, 6.07) is 16.7. The first-order valence-corrected chi connectivity index (χ1v) is 11.0. The summed E-state index contributed by atoms with van der Waals surface area (Å²) in [4.78, 5) is 23.6. The molecule has 160 valence electrons. The lowest BCUT2D eigenvalue weighted by Gasteiger charge is -2.44. The van der Waals surface area contributed by atoms with E-state index in [4.69, 9.17) is 9.57 Å². The van der Waals surface area contributed by atoms with Crippen molar-refractivity contribution >= 4 is 16.8 Å². The first-order valence-electron chi connectivity index (χ1n) is 11.0. The van der Waals surface area contributed by atoms with Crippen molar-refractivity contribution in [3.05, 3.63) is 60.3 Å². The largest absolute Gasteiger partial charge is 0.487 e. The summed E-state index contributed by atoms with van der Waals surface area (Å²) in [5, 5.41) is 2.34. The first-order chi connectivity index (χ1) is 15.2. The van der Waals surface area contributed by atoms with Crippen molar-refractivity contribution in [3.63, 3.8) is 0 Å². The van der Waals surface area contributed by atoms with Gasteiger partial charge in [-0.25, -0.2) is 10.3 Å². The Hall–Kier alpha value is -3.12. The maximum absolute atomic E-state index is 12.1. The predicted octanol–water partition coefficient (Wildman–Crippen LogP) is 4.72. The van der Waals surface area contributed by atoms with Crippen LogP contribution in [-0.2, 0) is 11.3 Å². The number of nitrogens with zero attached hydrogens (tertiary/aromatic N) is 2. The Morgan fingerprint density at radius 1 is 1.13 bits per heavy atom. The van der Waals surface area contributed by atoms with Crippen LogP contribution < -0.4 is 10.2 Å². The summed E-state index contributed by atoms with van der Waals surface area (Å²) in [6.07, 6.45) is 5.54. The molecule has 3 heterocycles. The van der Waals surface area contributed by atoms with Crippen LogP contribution in [0.3, 0.4) is 0 Å². The average molecular weight is 418 g/mol. The zero-order valence-corrected chi connectivity index (χ0v) is 17.8. The maximum atomic E-state index is 12.1. The first kappa shape index (κ1) is 19.8. The van der Waals surface area contributed by atoms with E-state index in [0.717, 1.165) is 48.1 Å². The standard InChI is InChI=1S/C25H27N3O3/c1-2-30-27-24(29)28-13-11-25(12-14-28)10-9-20-15-19(7-8-23(20)31-25)22-16-18-5-3-4-6-21(18)17-26-22/h3-8,15-17H,2,9-14H2,1H3,(H,27,29). The van der Waals surface area contributed by atoms with E-state index in [0.29, 0.717) is 19.7 Å². The van der Waals surface area contributed by atoms with E-state index in [2.05, 4.69) is 52.9 Å². The fourth-order valence-electron chi connectivity index (χ4n) is 4.59. The number of piperidine rings is 1. The quantitative estimate of drug-likeness (QED) is 0.626. The van der Waals surface area contributed by atoms with E-state index in [-0.39, 0.29) is 11.6 Å². The maximum Gasteiger partial charge on any atom is 0.341 e. The number of benzene rings is 2. The number of hydrogen-bond donors (Lipinski definition) is 1. The van der Waals surface area contributed by atoms with Gasteiger partial charge in [0.2, 0.25) is 0 Å². The van der Waals surface area contributed by atoms with E-state index >= 15 is 0 Å². The molecule has 2 aliphatic rings. The molecule has 6 nitrogen and oxygen atoms in total. The lowest BCUT2D eigenvalue weighted by molar-refractivity contribution is -0.0131. The summed E-state index contributed by atoms with van der Waals surface area (Å²) in [5.41, 5.74) is 5.63. The molecule has 0 aliphatic carbocycles. The van der Waals surface area contributed by atoms with Crippen LogP contribution in [0.4, 0.5) is 4.79 Å². The number of carbonyl (C=O) groups excluding carboxylic acids is 1. The summed E-state index contributed by atoms with van der Waals surface area (Å²) >= 11 is 0. The molecule has 1 spiro atoms. The van der Waals surface area contributed by atoms with Crippen LogP contribution in [-0.4, -0.2) is 41.2 Å². The molecule has 2 amide bonds. The molecule has 1 saturated heterocycles. The minimum atomic E-state index is -0.182. The summed E-state index contributed by atoms with van der Waals surface area (Å²) in [7, 11) is 0. The second-order valence-electron chi connectivity index (χ2n) is 8.35. The smallest absolute Gasteiger partial charge is 0.341 e. The molecule has 0 bridgehead atoms. The van der Waals surface area contributed by atoms with Gasteiger partial charge in [-0.3, -0.25) is 9.82 Å². The van der Waals surface area contributed by atoms with Gasteiger partial charge in [0.05, 0.1) is 12.3 Å². The molecule has 2 aromatic carbocycles. The number of pyridine rings is 1. The zero-order chi connectivity index (χ0) is 21.3. The number of hydroxylamine groups is 1. The molecule has 1 N–H and O–H groups in total. The molecule has 2 aliphatic heterocycles. The van der Waals surface area contributed by atoms with Gasteiger partial charge in [-0.2, -0.15) is 0 Å². The van der Waals surface area contributed by atoms with Gasteiger partial charge < -0.3 is 9.64 Å². The van der Waals surface area contributed by atoms with E-state index < -0.39 is 0 Å². The Morgan fingerprint density at radius 2 is 1.94 bits per heavy atom. The Morgan fingerprint density at radius 3 is 2.74 bits per heavy atom. The summed E-state index contributed by atoms with van der Waals surface area (Å²) in [5.74, 6) is 0.961. The van der Waals surface area contributed by atoms with Crippen LogP contribution in [0, 0.1) is 0 Å². The molecule has 31 heavy (non-hydrogen) atoms. The van der Waals surface area contributed by atoms with Gasteiger partial charge in [0.15, 0.2) is 0 Å². The highest BCUT2D eigenvalue weighted by atomic mass is 16.7. The molecule has 6 heteroatoms. The lowest BCUT2D eigenvalue weighted by atomic mass is 9.83. The predicted molar refractivity (Wildman–Crippen MR) is 120 cm³/mol. The number of urea groups is 1. The van der Waals surface area contributed by atoms with Crippen molar-refractivity contribution < 1.29 is 14.4 Å². The highest BCUT2D eigenvalue weighted by Gasteiger charge is 2.40. The molecule has 0 saturated carbocycles. The van der Waals surface area contributed by atoms with E-state index in [1.165, 1.54) is 10.9 Å². The van der Waals surface area contributed by atoms with Crippen molar-refractivity contribution in [2.75, 3.05) is 19.7 Å². The fraction of sp³-hybridized carbons (Fsp3) is 0.360. The SMILES string of the molecule is CCONC(=O)N1CCC2(CCc3cc(-c4cc5ccccc5cn4)ccc3O2)CC1. The number of amides is 2. The number of fused-ring (bicyclic) bond motifs is 2. The zero-order valence-electron chi connectivity index (χ0n) is 17.8. The van der Waals surface area contributed by atoms with Crippen LogP contribution in [0.25, 0.3) is 22.0 Å². The number of hydrogen-bond acceptors (Lipinski definition) is 4. The third-order valence-electron chi connectivity index (χ3n) is 6.43. The van der Waals surface area contributed by atoms with E-state index in [1.807, 2.05) is 19.2 Å². The minimum Gasteiger partial charge on any atom is -0.487 e. The Labute approximate surface area is 182 Å². The molecule has 0 atom stereocenters. The number of aryl methyl sites for hydroxylation is 1. The Bertz CT molecular complexity index is 1110. The van der Waals surface area contributed by atoms with Gasteiger partial charge in [-0.05, 0) is 55.0 Å². The normalized spacial score (nSPS) is 17.3. The number of aromatic nitrogens is 1. The third-order valence-corrected chi connectivity index (χ3v) is 6.43. The highest BCUT2D eigenvalue weighted by molar-refractivity contribution is 5.85. The van der Waals surface area contributed by atoms with Gasteiger partial charge in [0, 0.05) is 43.1 Å². The van der Waals surface area contributed by atoms with E-state index in [9.17, 15) is 4.79 Å². The van der Waals surface area contributed by atoms with Crippen molar-refractivity contribution in [1.82, 2.24) is 15.4 Å². The molecular weight excluding hydrogens is 390 g/mol. The van der Waals surface area contributed by atoms with Crippen LogP contribution in [0.1, 0.15) is 31.7 Å². The van der Waals surface area contributed by atoms with Gasteiger partial charge in [0.1, 0.15) is 11.4 Å². The molecule has 3 aromatic rings. The number of carbonyl (C=O) groups is 1. The van der Waals surface area contributed by atoms with Crippen molar-refractivity contribution in [2.45, 2.75) is 38.2 Å². The highest BCUT2D eigenvalue weighted by Crippen LogP contribution is 2.40. The van der Waals surface area contributed by atoms with Gasteiger partial charge >= 0.3 is 6.03 Å². The number of nitrogens with one attached hydrogen (secondary N) is 1. The average Bonchev–Trinajstić information content (AvgIpc) is 2.82. The van der Waals surface area contributed by atoms with Gasteiger partial charge in [-0.15, -0.1) is 0 Å². The lowest BCUT2D eigenvalue weighted by Crippen LogP contribution is -2.53. The molecule has 1 fully saturated rings. The third kappa shape index (κ3) is 3.95. The van der Waals surface area contributed by atoms with Gasteiger partial charge in [-0.1, -0.05) is 24.3 Å². The number of likely N-dealkylation sites (tertiary alicyclic amines) is 1. The second kappa shape index (κ2) is 8.19. The molecule has 5 rings (SSSR count). The van der Waals surface area contributed by atoms with E-state index in [1.54, 1.807) is 4.90 Å². The molecule has 1 aromatic heterocycles. The van der Waals surface area contributed by atoms with Crippen LogP contribution >= 0.6 is 0 Å². The van der Waals surface area contributed by atoms with Crippen LogP contribution in [0.2, 0.25) is 0 Å². The number of ether oxygens (including phenoxy) is 1. The Kier molecular flexibility index (Phi) is 5.24. The Balaban J connectivity index is 1.30. The van der Waals surface area contributed by atoms with Crippen molar-refractivity contribution in [1.29, 1.82) is 0 Å². The number of rotatable bonds is 3. The van der Waals surface area contributed by atoms with Crippen LogP contribution in [0.5, 0.6) is 5.75 Å². The van der Waals surface area contributed by atoms with Gasteiger partial charge in [0.25, 0.3) is 0 Å². The van der Waals surface area contributed by atoms with Crippen molar-refractivity contribution in [2.24, 2.45) is 0 Å². The molecule has 0 unspecified atom stereocenters. The molecule has 0 radical (unpaired) electrons. The summed E-state index contributed by atoms with van der Waals surface area (Å²) < 4.78 is 6.52. The van der Waals surface area contributed by atoms with Crippen LogP contribution in [0.15, 0.2) is 54.7 Å². The second-order valence-corrected chi connectivity index (χ2v) is 8.35. The summed E-state index contributed by atoms with van der Waals surface area (Å²) in [6.45, 7) is 3.65. The van der Waals surface area contributed by atoms with Crippen molar-refractivity contribution in [3.8, 4) is 17.0 Å². The molecular formula is C25H27N3O3. The topological polar surface area (TPSA) is 63.7 Å².